The predicted octanol–water partition coefficient (Wildman–Crippen LogP) is 2.87. The summed E-state index contributed by atoms with van der Waals surface area (Å²) in [6, 6.07) is 0. The Morgan fingerprint density at radius 3 is 2.46 bits per heavy atom. The van der Waals surface area contributed by atoms with Crippen molar-refractivity contribution in [3.8, 4) is 0 Å². The van der Waals surface area contributed by atoms with Crippen LogP contribution in [-0.4, -0.2) is 63.8 Å². The zero-order chi connectivity index (χ0) is 17.7. The van der Waals surface area contributed by atoms with E-state index < -0.39 is 0 Å². The van der Waals surface area contributed by atoms with Crippen molar-refractivity contribution in [1.82, 2.24) is 15.5 Å². The molecule has 5 nitrogen and oxygen atoms in total. The van der Waals surface area contributed by atoms with Gasteiger partial charge in [0.25, 0.3) is 0 Å². The highest BCUT2D eigenvalue weighted by atomic mass is 16.5. The molecule has 0 spiro atoms. The van der Waals surface area contributed by atoms with Gasteiger partial charge in [0.2, 0.25) is 0 Å². The summed E-state index contributed by atoms with van der Waals surface area (Å²) in [6.07, 6.45) is 7.69. The third-order valence-electron chi connectivity index (χ3n) is 5.21. The molecule has 0 aliphatic heterocycles. The molecule has 0 saturated heterocycles. The van der Waals surface area contributed by atoms with Crippen LogP contribution in [0.25, 0.3) is 0 Å². The van der Waals surface area contributed by atoms with Crippen molar-refractivity contribution in [2.24, 2.45) is 10.4 Å². The van der Waals surface area contributed by atoms with Crippen LogP contribution in [0.15, 0.2) is 4.99 Å². The van der Waals surface area contributed by atoms with Gasteiger partial charge in [0, 0.05) is 39.9 Å². The summed E-state index contributed by atoms with van der Waals surface area (Å²) >= 11 is 0. The van der Waals surface area contributed by atoms with Crippen LogP contribution >= 0.6 is 0 Å². The van der Waals surface area contributed by atoms with Crippen LogP contribution in [0.5, 0.6) is 0 Å². The lowest BCUT2D eigenvalue weighted by molar-refractivity contribution is 0.105. The molecule has 5 heteroatoms. The van der Waals surface area contributed by atoms with Crippen molar-refractivity contribution in [2.75, 3.05) is 53.0 Å². The van der Waals surface area contributed by atoms with Crippen molar-refractivity contribution in [3.63, 3.8) is 0 Å². The van der Waals surface area contributed by atoms with Crippen molar-refractivity contribution in [2.45, 2.75) is 59.3 Å². The number of aliphatic imine (C=N–C) groups is 1. The molecule has 1 saturated carbocycles. The highest BCUT2D eigenvalue weighted by Gasteiger charge is 2.33. The summed E-state index contributed by atoms with van der Waals surface area (Å²) in [5.74, 6) is 0.935. The molecule has 1 aliphatic carbocycles. The van der Waals surface area contributed by atoms with Crippen molar-refractivity contribution in [3.05, 3.63) is 0 Å². The van der Waals surface area contributed by atoms with Gasteiger partial charge in [-0.15, -0.1) is 0 Å². The topological polar surface area (TPSA) is 48.9 Å². The van der Waals surface area contributed by atoms with E-state index in [0.717, 1.165) is 51.8 Å². The van der Waals surface area contributed by atoms with E-state index in [1.165, 1.54) is 38.6 Å². The Labute approximate surface area is 149 Å². The van der Waals surface area contributed by atoms with Crippen LogP contribution in [-0.2, 0) is 4.74 Å². The van der Waals surface area contributed by atoms with Gasteiger partial charge in [-0.1, -0.05) is 26.7 Å². The Balaban J connectivity index is 2.35. The molecule has 1 fully saturated rings. The Morgan fingerprint density at radius 1 is 1.12 bits per heavy atom. The Morgan fingerprint density at radius 2 is 1.88 bits per heavy atom. The van der Waals surface area contributed by atoms with Gasteiger partial charge in [0.1, 0.15) is 0 Å². The predicted molar refractivity (Wildman–Crippen MR) is 104 cm³/mol. The number of rotatable bonds is 12. The molecule has 0 aromatic heterocycles. The first kappa shape index (κ1) is 21.2. The molecule has 142 valence electrons. The minimum Gasteiger partial charge on any atom is -0.382 e. The standard InChI is InChI=1S/C19H40N4O/c1-5-14-23(6-2)15-13-21-18(20-4)22-17-19(10-8-9-11-19)12-16-24-7-3/h5-17H2,1-4H3,(H2,20,21,22). The SMILES string of the molecule is CCCN(CC)CCNC(=NC)NCC1(CCOCC)CCCC1. The van der Waals surface area contributed by atoms with E-state index in [1.54, 1.807) is 0 Å². The van der Waals surface area contributed by atoms with E-state index in [2.05, 4.69) is 41.3 Å². The fourth-order valence-corrected chi connectivity index (χ4v) is 3.64. The summed E-state index contributed by atoms with van der Waals surface area (Å²) in [7, 11) is 1.86. The molecule has 1 aliphatic rings. The summed E-state index contributed by atoms with van der Waals surface area (Å²) in [4.78, 5) is 6.86. The highest BCUT2D eigenvalue weighted by molar-refractivity contribution is 5.79. The zero-order valence-electron chi connectivity index (χ0n) is 16.5. The Kier molecular flexibility index (Phi) is 11.1. The van der Waals surface area contributed by atoms with Crippen LogP contribution in [0, 0.1) is 5.41 Å². The third-order valence-corrected chi connectivity index (χ3v) is 5.21. The molecule has 1 rings (SSSR count). The zero-order valence-corrected chi connectivity index (χ0v) is 16.5. The molecule has 0 aromatic rings. The maximum absolute atomic E-state index is 5.60. The molecule has 2 N–H and O–H groups in total. The van der Waals surface area contributed by atoms with Crippen LogP contribution in [0.3, 0.4) is 0 Å². The van der Waals surface area contributed by atoms with Gasteiger partial charge in [-0.05, 0) is 51.1 Å². The second-order valence-corrected chi connectivity index (χ2v) is 6.94. The summed E-state index contributed by atoms with van der Waals surface area (Å²) in [5, 5.41) is 7.03. The number of nitrogens with one attached hydrogen (secondary N) is 2. The van der Waals surface area contributed by atoms with Crippen molar-refractivity contribution < 1.29 is 4.74 Å². The lowest BCUT2D eigenvalue weighted by Gasteiger charge is -2.30. The monoisotopic (exact) mass is 340 g/mol. The van der Waals surface area contributed by atoms with E-state index in [1.807, 2.05) is 7.05 Å². The molecule has 0 atom stereocenters. The van der Waals surface area contributed by atoms with Gasteiger partial charge in [-0.2, -0.15) is 0 Å². The Bertz CT molecular complexity index is 340. The third kappa shape index (κ3) is 7.84. The van der Waals surface area contributed by atoms with E-state index in [-0.39, 0.29) is 0 Å². The average Bonchev–Trinajstić information content (AvgIpc) is 3.06. The number of hydrogen-bond acceptors (Lipinski definition) is 3. The largest absolute Gasteiger partial charge is 0.382 e. The number of guanidine groups is 1. The fourth-order valence-electron chi connectivity index (χ4n) is 3.64. The smallest absolute Gasteiger partial charge is 0.191 e. The van der Waals surface area contributed by atoms with Crippen LogP contribution < -0.4 is 10.6 Å². The molecule has 0 unspecified atom stereocenters. The number of ether oxygens (including phenoxy) is 1. The molecular formula is C19H40N4O. The van der Waals surface area contributed by atoms with Crippen LogP contribution in [0.2, 0.25) is 0 Å². The molecule has 0 aromatic carbocycles. The first-order valence-electron chi connectivity index (χ1n) is 9.94. The van der Waals surface area contributed by atoms with Gasteiger partial charge in [-0.25, -0.2) is 0 Å². The van der Waals surface area contributed by atoms with Gasteiger partial charge in [0.05, 0.1) is 0 Å². The fraction of sp³-hybridized carbons (Fsp3) is 0.947. The van der Waals surface area contributed by atoms with E-state index in [9.17, 15) is 0 Å². The van der Waals surface area contributed by atoms with E-state index >= 15 is 0 Å². The summed E-state index contributed by atoms with van der Waals surface area (Å²) in [5.41, 5.74) is 0.393. The minimum absolute atomic E-state index is 0.393. The summed E-state index contributed by atoms with van der Waals surface area (Å²) < 4.78 is 5.60. The van der Waals surface area contributed by atoms with Gasteiger partial charge in [-0.3, -0.25) is 4.99 Å². The van der Waals surface area contributed by atoms with Gasteiger partial charge < -0.3 is 20.3 Å². The number of nitrogens with zero attached hydrogens (tertiary/aromatic N) is 2. The lowest BCUT2D eigenvalue weighted by atomic mass is 9.83. The first-order chi connectivity index (χ1) is 11.7. The quantitative estimate of drug-likeness (QED) is 0.326. The second-order valence-electron chi connectivity index (χ2n) is 6.94. The van der Waals surface area contributed by atoms with Crippen LogP contribution in [0.1, 0.15) is 59.3 Å². The van der Waals surface area contributed by atoms with E-state index in [0.29, 0.717) is 5.41 Å². The number of likely N-dealkylation sites (N-methyl/N-ethyl adjacent to an activating group) is 1. The van der Waals surface area contributed by atoms with Crippen molar-refractivity contribution >= 4 is 5.96 Å². The molecule has 24 heavy (non-hydrogen) atoms. The normalized spacial score (nSPS) is 17.5. The number of hydrogen-bond donors (Lipinski definition) is 2. The molecular weight excluding hydrogens is 300 g/mol. The Hall–Kier alpha value is -0.810. The highest BCUT2D eigenvalue weighted by Crippen LogP contribution is 2.40. The maximum Gasteiger partial charge on any atom is 0.191 e. The second kappa shape index (κ2) is 12.5. The van der Waals surface area contributed by atoms with E-state index in [4.69, 9.17) is 4.74 Å². The first-order valence-corrected chi connectivity index (χ1v) is 9.94. The van der Waals surface area contributed by atoms with Crippen LogP contribution in [0.4, 0.5) is 0 Å². The van der Waals surface area contributed by atoms with Gasteiger partial charge in [0.15, 0.2) is 5.96 Å². The summed E-state index contributed by atoms with van der Waals surface area (Å²) in [6.45, 7) is 13.5. The molecule has 0 heterocycles. The lowest BCUT2D eigenvalue weighted by Crippen LogP contribution is -2.45. The minimum atomic E-state index is 0.393. The van der Waals surface area contributed by atoms with Crippen molar-refractivity contribution in [1.29, 1.82) is 0 Å². The molecule has 0 amide bonds. The van der Waals surface area contributed by atoms with Gasteiger partial charge >= 0.3 is 0 Å². The maximum atomic E-state index is 5.60. The molecule has 0 radical (unpaired) electrons. The molecule has 0 bridgehead atoms. The average molecular weight is 341 g/mol.